The Kier molecular flexibility index (Phi) is 2.83. The van der Waals surface area contributed by atoms with Gasteiger partial charge < -0.3 is 0 Å². The highest BCUT2D eigenvalue weighted by Gasteiger charge is 2.37. The third-order valence-electron chi connectivity index (χ3n) is 3.10. The molecular formula is C13H9ClFN3O2. The molecule has 2 heterocycles. The molecule has 0 aliphatic carbocycles. The average Bonchev–Trinajstić information content (AvgIpc) is 2.90. The van der Waals surface area contributed by atoms with Crippen LogP contribution in [0.25, 0.3) is 0 Å². The number of amides is 1. The SMILES string of the molecule is Cn1ccc(CN2C(=O)C(=O)c3cc(Cl)c(F)cc32)n1. The molecule has 20 heavy (non-hydrogen) atoms. The second kappa shape index (κ2) is 4.42. The van der Waals surface area contributed by atoms with Crippen LogP contribution in [0, 0.1) is 5.82 Å². The topological polar surface area (TPSA) is 55.2 Å². The van der Waals surface area contributed by atoms with E-state index in [1.165, 1.54) is 11.0 Å². The molecule has 2 aromatic rings. The van der Waals surface area contributed by atoms with Crippen LogP contribution in [-0.4, -0.2) is 21.5 Å². The van der Waals surface area contributed by atoms with Crippen molar-refractivity contribution in [1.82, 2.24) is 9.78 Å². The Balaban J connectivity index is 2.03. The van der Waals surface area contributed by atoms with Crippen LogP contribution in [0.3, 0.4) is 0 Å². The zero-order chi connectivity index (χ0) is 14.4. The number of benzene rings is 1. The quantitative estimate of drug-likeness (QED) is 0.795. The van der Waals surface area contributed by atoms with Gasteiger partial charge in [-0.15, -0.1) is 0 Å². The van der Waals surface area contributed by atoms with Crippen LogP contribution in [0.15, 0.2) is 24.4 Å². The summed E-state index contributed by atoms with van der Waals surface area (Å²) >= 11 is 5.64. The Labute approximate surface area is 118 Å². The fraction of sp³-hybridized carbons (Fsp3) is 0.154. The Morgan fingerprint density at radius 3 is 2.75 bits per heavy atom. The summed E-state index contributed by atoms with van der Waals surface area (Å²) in [6.07, 6.45) is 1.72. The first kappa shape index (κ1) is 12.8. The number of fused-ring (bicyclic) bond motifs is 1. The minimum Gasteiger partial charge on any atom is -0.299 e. The Bertz CT molecular complexity index is 741. The molecule has 5 nitrogen and oxygen atoms in total. The predicted octanol–water partition coefficient (Wildman–Crippen LogP) is 1.94. The maximum Gasteiger partial charge on any atom is 0.299 e. The molecule has 102 valence electrons. The van der Waals surface area contributed by atoms with Crippen LogP contribution >= 0.6 is 11.6 Å². The molecule has 1 aliphatic heterocycles. The van der Waals surface area contributed by atoms with Gasteiger partial charge in [0.1, 0.15) is 5.82 Å². The lowest BCUT2D eigenvalue weighted by Crippen LogP contribution is -2.29. The van der Waals surface area contributed by atoms with Crippen molar-refractivity contribution in [3.05, 3.63) is 46.5 Å². The van der Waals surface area contributed by atoms with Crippen molar-refractivity contribution < 1.29 is 14.0 Å². The van der Waals surface area contributed by atoms with Gasteiger partial charge in [-0.3, -0.25) is 19.2 Å². The number of hydrogen-bond acceptors (Lipinski definition) is 3. The van der Waals surface area contributed by atoms with Crippen LogP contribution in [0.4, 0.5) is 10.1 Å². The highest BCUT2D eigenvalue weighted by Crippen LogP contribution is 2.33. The summed E-state index contributed by atoms with van der Waals surface area (Å²) in [7, 11) is 1.74. The van der Waals surface area contributed by atoms with Gasteiger partial charge in [0.15, 0.2) is 0 Å². The number of aryl methyl sites for hydroxylation is 1. The maximum absolute atomic E-state index is 13.5. The van der Waals surface area contributed by atoms with Crippen LogP contribution in [0.2, 0.25) is 5.02 Å². The predicted molar refractivity (Wildman–Crippen MR) is 70.1 cm³/mol. The number of anilines is 1. The van der Waals surface area contributed by atoms with Crippen molar-refractivity contribution in [2.24, 2.45) is 7.05 Å². The monoisotopic (exact) mass is 293 g/mol. The van der Waals surface area contributed by atoms with E-state index in [1.807, 2.05) is 0 Å². The molecule has 0 N–H and O–H groups in total. The largest absolute Gasteiger partial charge is 0.299 e. The first-order valence-electron chi connectivity index (χ1n) is 5.81. The Hall–Kier alpha value is -2.21. The molecule has 1 aromatic carbocycles. The van der Waals surface area contributed by atoms with Crippen LogP contribution in [0.5, 0.6) is 0 Å². The molecule has 0 unspecified atom stereocenters. The first-order valence-corrected chi connectivity index (χ1v) is 6.19. The smallest absolute Gasteiger partial charge is 0.299 e. The van der Waals surface area contributed by atoms with Gasteiger partial charge >= 0.3 is 0 Å². The third kappa shape index (κ3) is 1.89. The summed E-state index contributed by atoms with van der Waals surface area (Å²) in [5.74, 6) is -2.05. The number of nitrogens with zero attached hydrogens (tertiary/aromatic N) is 3. The van der Waals surface area contributed by atoms with Gasteiger partial charge in [0.2, 0.25) is 0 Å². The van der Waals surface area contributed by atoms with Gasteiger partial charge in [0.25, 0.3) is 11.7 Å². The summed E-state index contributed by atoms with van der Waals surface area (Å²) in [6.45, 7) is 0.111. The highest BCUT2D eigenvalue weighted by atomic mass is 35.5. The van der Waals surface area contributed by atoms with Gasteiger partial charge in [-0.05, 0) is 18.2 Å². The van der Waals surface area contributed by atoms with E-state index in [0.29, 0.717) is 5.69 Å². The molecular weight excluding hydrogens is 285 g/mol. The molecule has 1 amide bonds. The van der Waals surface area contributed by atoms with E-state index < -0.39 is 17.5 Å². The molecule has 0 radical (unpaired) electrons. The molecule has 3 rings (SSSR count). The maximum atomic E-state index is 13.5. The molecule has 0 saturated heterocycles. The lowest BCUT2D eigenvalue weighted by atomic mass is 10.1. The number of aromatic nitrogens is 2. The number of carbonyl (C=O) groups excluding carboxylic acids is 2. The van der Waals surface area contributed by atoms with Crippen LogP contribution in [0.1, 0.15) is 16.1 Å². The van der Waals surface area contributed by atoms with E-state index in [9.17, 15) is 14.0 Å². The minimum atomic E-state index is -0.702. The van der Waals surface area contributed by atoms with Gasteiger partial charge in [-0.1, -0.05) is 11.6 Å². The number of rotatable bonds is 2. The molecule has 7 heteroatoms. The van der Waals surface area contributed by atoms with E-state index in [-0.39, 0.29) is 22.8 Å². The van der Waals surface area contributed by atoms with Crippen molar-refractivity contribution in [1.29, 1.82) is 0 Å². The summed E-state index contributed by atoms with van der Waals surface area (Å²) in [5.41, 5.74) is 0.960. The molecule has 0 spiro atoms. The second-order valence-corrected chi connectivity index (χ2v) is 4.89. The summed E-state index contributed by atoms with van der Waals surface area (Å²) in [6, 6.07) is 4.01. The number of carbonyl (C=O) groups is 2. The van der Waals surface area contributed by atoms with Gasteiger partial charge in [0.05, 0.1) is 28.5 Å². The van der Waals surface area contributed by atoms with Crippen molar-refractivity contribution in [2.75, 3.05) is 4.90 Å². The number of halogens is 2. The summed E-state index contributed by atoms with van der Waals surface area (Å²) in [4.78, 5) is 25.0. The lowest BCUT2D eigenvalue weighted by Gasteiger charge is -2.15. The normalized spacial score (nSPS) is 14.1. The Morgan fingerprint density at radius 2 is 2.10 bits per heavy atom. The third-order valence-corrected chi connectivity index (χ3v) is 3.39. The number of ketones is 1. The van der Waals surface area contributed by atoms with Crippen molar-refractivity contribution in [3.8, 4) is 0 Å². The molecule has 0 fully saturated rings. The molecule has 0 bridgehead atoms. The van der Waals surface area contributed by atoms with Crippen LogP contribution < -0.4 is 4.90 Å². The van der Waals surface area contributed by atoms with E-state index in [4.69, 9.17) is 11.6 Å². The molecule has 0 atom stereocenters. The van der Waals surface area contributed by atoms with Crippen molar-refractivity contribution in [3.63, 3.8) is 0 Å². The summed E-state index contributed by atoms with van der Waals surface area (Å²) in [5, 5.41) is 3.96. The second-order valence-electron chi connectivity index (χ2n) is 4.48. The average molecular weight is 294 g/mol. The number of Topliss-reactive ketones (excluding diaryl/α,β-unsaturated/α-hetero) is 1. The Morgan fingerprint density at radius 1 is 1.35 bits per heavy atom. The highest BCUT2D eigenvalue weighted by molar-refractivity contribution is 6.52. The zero-order valence-electron chi connectivity index (χ0n) is 10.4. The summed E-state index contributed by atoms with van der Waals surface area (Å²) < 4.78 is 15.1. The first-order chi connectivity index (χ1) is 9.47. The number of hydrogen-bond donors (Lipinski definition) is 0. The molecule has 1 aliphatic rings. The zero-order valence-corrected chi connectivity index (χ0v) is 11.2. The minimum absolute atomic E-state index is 0.111. The molecule has 1 aromatic heterocycles. The van der Waals surface area contributed by atoms with E-state index in [1.54, 1.807) is 24.0 Å². The van der Waals surface area contributed by atoms with Gasteiger partial charge in [-0.25, -0.2) is 4.39 Å². The lowest BCUT2D eigenvalue weighted by molar-refractivity contribution is -0.114. The van der Waals surface area contributed by atoms with Crippen LogP contribution in [-0.2, 0) is 18.4 Å². The van der Waals surface area contributed by atoms with Gasteiger partial charge in [-0.2, -0.15) is 5.10 Å². The fourth-order valence-electron chi connectivity index (χ4n) is 2.16. The van der Waals surface area contributed by atoms with Crippen molar-refractivity contribution >= 4 is 29.0 Å². The standard InChI is InChI=1S/C13H9ClFN3O2/c1-17-3-2-7(16-17)6-18-11-5-10(15)9(14)4-8(11)12(19)13(18)20/h2-5H,6H2,1H3. The van der Waals surface area contributed by atoms with E-state index >= 15 is 0 Å². The van der Waals surface area contributed by atoms with Crippen molar-refractivity contribution in [2.45, 2.75) is 6.54 Å². The van der Waals surface area contributed by atoms with E-state index in [0.717, 1.165) is 6.07 Å². The fourth-order valence-corrected chi connectivity index (χ4v) is 2.32. The molecule has 0 saturated carbocycles. The van der Waals surface area contributed by atoms with Gasteiger partial charge in [0, 0.05) is 13.2 Å². The van der Waals surface area contributed by atoms with E-state index in [2.05, 4.69) is 5.10 Å².